The fourth-order valence-electron chi connectivity index (χ4n) is 4.83. The highest BCUT2D eigenvalue weighted by molar-refractivity contribution is 5.97. The fourth-order valence-corrected chi connectivity index (χ4v) is 4.83. The Bertz CT molecular complexity index is 1510. The van der Waals surface area contributed by atoms with E-state index in [4.69, 9.17) is 14.6 Å². The molecular weight excluding hydrogens is 526 g/mol. The summed E-state index contributed by atoms with van der Waals surface area (Å²) in [6, 6.07) is 24.9. The molecule has 3 aromatic carbocycles. The van der Waals surface area contributed by atoms with Gasteiger partial charge in [0.05, 0.1) is 30.2 Å². The van der Waals surface area contributed by atoms with Crippen molar-refractivity contribution < 1.29 is 19.1 Å². The van der Waals surface area contributed by atoms with Crippen molar-refractivity contribution in [2.24, 2.45) is 17.8 Å². The summed E-state index contributed by atoms with van der Waals surface area (Å²) >= 11 is 0. The molecule has 7 nitrogen and oxygen atoms in total. The monoisotopic (exact) mass is 565 g/mol. The van der Waals surface area contributed by atoms with Crippen LogP contribution in [0.25, 0.3) is 16.9 Å². The fraction of sp³-hybridized carbons (Fsp3) is 0.343. The molecule has 2 unspecified atom stereocenters. The van der Waals surface area contributed by atoms with E-state index in [1.165, 1.54) is 0 Å². The van der Waals surface area contributed by atoms with Gasteiger partial charge in [0, 0.05) is 34.8 Å². The molecule has 7 heteroatoms. The smallest absolute Gasteiger partial charge is 0.338 e. The lowest BCUT2D eigenvalue weighted by molar-refractivity contribution is -0.117. The first kappa shape index (κ1) is 29.1. The Labute approximate surface area is 247 Å². The Hall–Kier alpha value is -4.39. The maximum atomic E-state index is 13.3. The van der Waals surface area contributed by atoms with Crippen molar-refractivity contribution in [2.45, 2.75) is 46.5 Å². The van der Waals surface area contributed by atoms with Crippen LogP contribution in [-0.2, 0) is 9.53 Å². The standard InChI is InChI=1S/C35H39N3O4/c1-23(2)17-18-41-29-15-13-25(14-16-29)33-32(21-38(37-33)28-11-6-5-7-12-28)30-20-31(30)34(39)36-27-10-8-9-26(19-27)35(40)42-22-24(3)4/h5-16,19,21,23-24,30-31H,17-18,20,22H2,1-4H3,(H,36,39). The first-order chi connectivity index (χ1) is 20.3. The zero-order valence-corrected chi connectivity index (χ0v) is 24.7. The number of carbonyl (C=O) groups is 2. The van der Waals surface area contributed by atoms with Gasteiger partial charge in [0.2, 0.25) is 5.91 Å². The molecule has 2 atom stereocenters. The Kier molecular flexibility index (Phi) is 9.06. The first-order valence-corrected chi connectivity index (χ1v) is 14.7. The number of aromatic nitrogens is 2. The molecule has 42 heavy (non-hydrogen) atoms. The van der Waals surface area contributed by atoms with Gasteiger partial charge in [0.15, 0.2) is 0 Å². The van der Waals surface area contributed by atoms with E-state index in [0.717, 1.165) is 41.1 Å². The second kappa shape index (κ2) is 13.1. The molecule has 218 valence electrons. The molecule has 5 rings (SSSR count). The number of rotatable bonds is 12. The van der Waals surface area contributed by atoms with E-state index < -0.39 is 5.97 Å². The van der Waals surface area contributed by atoms with E-state index in [9.17, 15) is 9.59 Å². The number of ether oxygens (including phenoxy) is 2. The minimum atomic E-state index is -0.390. The minimum Gasteiger partial charge on any atom is -0.494 e. The van der Waals surface area contributed by atoms with Crippen molar-refractivity contribution >= 4 is 17.6 Å². The Balaban J connectivity index is 1.32. The van der Waals surface area contributed by atoms with Crippen molar-refractivity contribution in [3.05, 3.63) is 96.2 Å². The molecule has 0 saturated heterocycles. The number of nitrogens with zero attached hydrogens (tertiary/aromatic N) is 2. The van der Waals surface area contributed by atoms with E-state index in [0.29, 0.717) is 30.4 Å². The SMILES string of the molecule is CC(C)CCOc1ccc(-c2nn(-c3ccccc3)cc2C2CC2C(=O)Nc2cccc(C(=O)OCC(C)C)c2)cc1. The highest BCUT2D eigenvalue weighted by Gasteiger charge is 2.46. The van der Waals surface area contributed by atoms with Crippen molar-refractivity contribution in [2.75, 3.05) is 18.5 Å². The summed E-state index contributed by atoms with van der Waals surface area (Å²) in [6.45, 7) is 9.39. The summed E-state index contributed by atoms with van der Waals surface area (Å²) in [5, 5.41) is 7.96. The highest BCUT2D eigenvalue weighted by Crippen LogP contribution is 2.51. The highest BCUT2D eigenvalue weighted by atomic mass is 16.5. The molecule has 1 amide bonds. The Morgan fingerprint density at radius 2 is 1.71 bits per heavy atom. The lowest BCUT2D eigenvalue weighted by Crippen LogP contribution is -2.15. The van der Waals surface area contributed by atoms with Gasteiger partial charge in [0.25, 0.3) is 0 Å². The molecule has 4 aromatic rings. The average Bonchev–Trinajstić information content (AvgIpc) is 3.67. The average molecular weight is 566 g/mol. The minimum absolute atomic E-state index is 0.0404. The summed E-state index contributed by atoms with van der Waals surface area (Å²) < 4.78 is 13.1. The van der Waals surface area contributed by atoms with E-state index in [2.05, 4.69) is 19.2 Å². The molecule has 1 saturated carbocycles. The lowest BCUT2D eigenvalue weighted by Gasteiger charge is -2.10. The van der Waals surface area contributed by atoms with Crippen LogP contribution < -0.4 is 10.1 Å². The number of para-hydroxylation sites is 1. The van der Waals surface area contributed by atoms with Crippen molar-refractivity contribution in [1.29, 1.82) is 0 Å². The van der Waals surface area contributed by atoms with Gasteiger partial charge in [-0.1, -0.05) is 52.0 Å². The number of hydrogen-bond donors (Lipinski definition) is 1. The molecule has 0 aliphatic heterocycles. The number of benzene rings is 3. The topological polar surface area (TPSA) is 82.5 Å². The normalized spacial score (nSPS) is 16.0. The number of carbonyl (C=O) groups excluding carboxylic acids is 2. The summed E-state index contributed by atoms with van der Waals surface area (Å²) in [7, 11) is 0. The van der Waals surface area contributed by atoms with Gasteiger partial charge in [-0.05, 0) is 79.3 Å². The molecule has 1 fully saturated rings. The van der Waals surface area contributed by atoms with E-state index in [1.54, 1.807) is 24.3 Å². The Morgan fingerprint density at radius 1 is 0.952 bits per heavy atom. The van der Waals surface area contributed by atoms with Crippen molar-refractivity contribution in [3.63, 3.8) is 0 Å². The van der Waals surface area contributed by atoms with Crippen LogP contribution in [-0.4, -0.2) is 34.9 Å². The lowest BCUT2D eigenvalue weighted by atomic mass is 10.0. The third-order valence-electron chi connectivity index (χ3n) is 7.30. The van der Waals surface area contributed by atoms with Crippen LogP contribution in [0.1, 0.15) is 62.4 Å². The van der Waals surface area contributed by atoms with Crippen LogP contribution in [0.2, 0.25) is 0 Å². The second-order valence-corrected chi connectivity index (χ2v) is 11.8. The van der Waals surface area contributed by atoms with Gasteiger partial charge < -0.3 is 14.8 Å². The van der Waals surface area contributed by atoms with E-state index >= 15 is 0 Å². The van der Waals surface area contributed by atoms with Gasteiger partial charge in [-0.3, -0.25) is 4.79 Å². The summed E-state index contributed by atoms with van der Waals surface area (Å²) in [6.07, 6.45) is 3.78. The summed E-state index contributed by atoms with van der Waals surface area (Å²) in [5.74, 6) is 1.07. The molecule has 0 spiro atoms. The number of anilines is 1. The molecule has 1 heterocycles. The van der Waals surface area contributed by atoms with E-state index in [1.807, 2.05) is 79.3 Å². The predicted molar refractivity (Wildman–Crippen MR) is 165 cm³/mol. The third-order valence-corrected chi connectivity index (χ3v) is 7.30. The molecular formula is C35H39N3O4. The first-order valence-electron chi connectivity index (χ1n) is 14.7. The van der Waals surface area contributed by atoms with E-state index in [-0.39, 0.29) is 23.7 Å². The Morgan fingerprint density at radius 3 is 2.43 bits per heavy atom. The number of amides is 1. The maximum Gasteiger partial charge on any atom is 0.338 e. The van der Waals surface area contributed by atoms with Crippen LogP contribution in [0.3, 0.4) is 0 Å². The van der Waals surface area contributed by atoms with Crippen molar-refractivity contribution in [1.82, 2.24) is 9.78 Å². The molecule has 1 N–H and O–H groups in total. The third kappa shape index (κ3) is 7.27. The molecule has 1 aromatic heterocycles. The van der Waals surface area contributed by atoms with Gasteiger partial charge >= 0.3 is 5.97 Å². The molecule has 0 radical (unpaired) electrons. The summed E-state index contributed by atoms with van der Waals surface area (Å²) in [4.78, 5) is 25.7. The van der Waals surface area contributed by atoms with Gasteiger partial charge in [-0.15, -0.1) is 0 Å². The van der Waals surface area contributed by atoms with Crippen LogP contribution >= 0.6 is 0 Å². The molecule has 0 bridgehead atoms. The quantitative estimate of drug-likeness (QED) is 0.180. The molecule has 1 aliphatic carbocycles. The number of esters is 1. The van der Waals surface area contributed by atoms with Crippen LogP contribution in [0.4, 0.5) is 5.69 Å². The number of nitrogens with one attached hydrogen (secondary N) is 1. The van der Waals surface area contributed by atoms with Gasteiger partial charge in [-0.2, -0.15) is 5.10 Å². The van der Waals surface area contributed by atoms with Crippen LogP contribution in [0, 0.1) is 17.8 Å². The summed E-state index contributed by atoms with van der Waals surface area (Å²) in [5.41, 5.74) is 4.85. The largest absolute Gasteiger partial charge is 0.494 e. The maximum absolute atomic E-state index is 13.3. The number of hydrogen-bond acceptors (Lipinski definition) is 5. The zero-order valence-electron chi connectivity index (χ0n) is 24.7. The van der Waals surface area contributed by atoms with Crippen LogP contribution in [0.5, 0.6) is 5.75 Å². The van der Waals surface area contributed by atoms with Gasteiger partial charge in [-0.25, -0.2) is 9.48 Å². The zero-order chi connectivity index (χ0) is 29.6. The molecule has 1 aliphatic rings. The van der Waals surface area contributed by atoms with Crippen LogP contribution in [0.15, 0.2) is 85.1 Å². The second-order valence-electron chi connectivity index (χ2n) is 11.8. The van der Waals surface area contributed by atoms with Gasteiger partial charge in [0.1, 0.15) is 5.75 Å². The van der Waals surface area contributed by atoms with Crippen molar-refractivity contribution in [3.8, 4) is 22.7 Å². The predicted octanol–water partition coefficient (Wildman–Crippen LogP) is 7.52.